The van der Waals surface area contributed by atoms with Gasteiger partial charge in [-0.25, -0.2) is 0 Å². The van der Waals surface area contributed by atoms with Crippen LogP contribution >= 0.6 is 15.9 Å². The Hall–Kier alpha value is -2.12. The molecular weight excluding hydrogens is 463 g/mol. The van der Waals surface area contributed by atoms with Crippen molar-refractivity contribution < 1.29 is 9.31 Å². The SMILES string of the molecule is CC(C)(C#N)c1ccc(B2OC(C)(C)C(C)(C)O2)cc1.CC(C)(C#N)c1ccc(Br)cc1. The molecule has 1 saturated heterocycles. The van der Waals surface area contributed by atoms with E-state index in [4.69, 9.17) is 19.8 Å². The van der Waals surface area contributed by atoms with Gasteiger partial charge in [0.2, 0.25) is 0 Å². The summed E-state index contributed by atoms with van der Waals surface area (Å²) >= 11 is 3.35. The third-order valence-electron chi connectivity index (χ3n) is 6.28. The summed E-state index contributed by atoms with van der Waals surface area (Å²) in [5.41, 5.74) is 1.51. The van der Waals surface area contributed by atoms with Crippen molar-refractivity contribution in [3.8, 4) is 12.1 Å². The number of rotatable bonds is 3. The lowest BCUT2D eigenvalue weighted by Crippen LogP contribution is -2.41. The molecule has 0 aromatic heterocycles. The van der Waals surface area contributed by atoms with Crippen LogP contribution in [0.3, 0.4) is 0 Å². The van der Waals surface area contributed by atoms with E-state index in [-0.39, 0.29) is 23.7 Å². The van der Waals surface area contributed by atoms with E-state index in [1.165, 1.54) is 0 Å². The Morgan fingerprint density at radius 3 is 1.41 bits per heavy atom. The molecule has 0 radical (unpaired) electrons. The van der Waals surface area contributed by atoms with Gasteiger partial charge in [-0.15, -0.1) is 0 Å². The maximum absolute atomic E-state index is 9.17. The first-order valence-electron chi connectivity index (χ1n) is 10.7. The highest BCUT2D eigenvalue weighted by Crippen LogP contribution is 2.36. The van der Waals surface area contributed by atoms with Crippen LogP contribution in [0.5, 0.6) is 0 Å². The number of hydrogen-bond acceptors (Lipinski definition) is 4. The van der Waals surface area contributed by atoms with Gasteiger partial charge in [-0.2, -0.15) is 10.5 Å². The fourth-order valence-electron chi connectivity index (χ4n) is 3.03. The van der Waals surface area contributed by atoms with E-state index in [2.05, 4.69) is 28.1 Å². The molecule has 0 amide bonds. The molecule has 0 atom stereocenters. The van der Waals surface area contributed by atoms with Gasteiger partial charge in [0.25, 0.3) is 0 Å². The zero-order valence-corrected chi connectivity index (χ0v) is 21.9. The van der Waals surface area contributed by atoms with E-state index in [9.17, 15) is 0 Å². The Morgan fingerprint density at radius 1 is 0.719 bits per heavy atom. The van der Waals surface area contributed by atoms with Crippen LogP contribution < -0.4 is 5.46 Å². The minimum absolute atomic E-state index is 0.331. The van der Waals surface area contributed by atoms with Crippen molar-refractivity contribution in [3.05, 3.63) is 64.1 Å². The molecule has 0 unspecified atom stereocenters. The molecule has 1 fully saturated rings. The van der Waals surface area contributed by atoms with Gasteiger partial charge in [0, 0.05) is 4.47 Å². The summed E-state index contributed by atoms with van der Waals surface area (Å²) in [5.74, 6) is 0. The van der Waals surface area contributed by atoms with Crippen molar-refractivity contribution in [2.75, 3.05) is 0 Å². The van der Waals surface area contributed by atoms with Crippen molar-refractivity contribution in [3.63, 3.8) is 0 Å². The predicted molar refractivity (Wildman–Crippen MR) is 134 cm³/mol. The Morgan fingerprint density at radius 2 is 1.06 bits per heavy atom. The lowest BCUT2D eigenvalue weighted by molar-refractivity contribution is 0.00578. The molecule has 0 N–H and O–H groups in total. The summed E-state index contributed by atoms with van der Waals surface area (Å²) < 4.78 is 13.1. The van der Waals surface area contributed by atoms with Crippen LogP contribution in [0.2, 0.25) is 0 Å². The number of halogens is 1. The highest BCUT2D eigenvalue weighted by molar-refractivity contribution is 9.10. The highest BCUT2D eigenvalue weighted by Gasteiger charge is 2.51. The van der Waals surface area contributed by atoms with Crippen molar-refractivity contribution in [1.29, 1.82) is 10.5 Å². The number of nitrogens with zero attached hydrogens (tertiary/aromatic N) is 2. The first-order valence-corrected chi connectivity index (χ1v) is 11.5. The molecule has 4 nitrogen and oxygen atoms in total. The maximum atomic E-state index is 9.17. The standard InChI is InChI=1S/C16H22BNO2.C10H10BrN/c1-14(2,11-18)12-7-9-13(10-8-12)17-19-15(3,4)16(5,6)20-17;1-10(2,7-12)8-3-5-9(11)6-4-8/h7-10H,1-6H3;3-6H,1-2H3. The molecular formula is C26H32BBrN2O2. The van der Waals surface area contributed by atoms with Crippen LogP contribution in [-0.2, 0) is 20.1 Å². The molecule has 32 heavy (non-hydrogen) atoms. The van der Waals surface area contributed by atoms with Gasteiger partial charge in [0.1, 0.15) is 0 Å². The van der Waals surface area contributed by atoms with Crippen LogP contribution in [0.1, 0.15) is 66.5 Å². The highest BCUT2D eigenvalue weighted by atomic mass is 79.9. The number of hydrogen-bond donors (Lipinski definition) is 0. The van der Waals surface area contributed by atoms with Gasteiger partial charge in [0.15, 0.2) is 0 Å². The molecule has 2 aromatic rings. The second-order valence-corrected chi connectivity index (χ2v) is 11.1. The van der Waals surface area contributed by atoms with E-state index in [0.717, 1.165) is 21.1 Å². The molecule has 1 aliphatic rings. The van der Waals surface area contributed by atoms with Crippen LogP contribution in [0, 0.1) is 22.7 Å². The van der Waals surface area contributed by atoms with Gasteiger partial charge in [-0.1, -0.05) is 52.3 Å². The van der Waals surface area contributed by atoms with Crippen LogP contribution in [-0.4, -0.2) is 18.3 Å². The fraction of sp³-hybridized carbons (Fsp3) is 0.462. The molecule has 2 aromatic carbocycles. The van der Waals surface area contributed by atoms with E-state index in [1.807, 2.05) is 104 Å². The summed E-state index contributed by atoms with van der Waals surface area (Å²) in [4.78, 5) is 0. The average Bonchev–Trinajstić information content (AvgIpc) is 2.96. The molecule has 0 saturated carbocycles. The van der Waals surface area contributed by atoms with E-state index >= 15 is 0 Å². The predicted octanol–water partition coefficient (Wildman–Crippen LogP) is 6.04. The van der Waals surface area contributed by atoms with Gasteiger partial charge >= 0.3 is 7.12 Å². The molecule has 1 aliphatic heterocycles. The van der Waals surface area contributed by atoms with Crippen molar-refractivity contribution in [1.82, 2.24) is 0 Å². The van der Waals surface area contributed by atoms with Crippen molar-refractivity contribution in [2.24, 2.45) is 0 Å². The normalized spacial score (nSPS) is 17.0. The van der Waals surface area contributed by atoms with E-state index in [0.29, 0.717) is 0 Å². The number of nitriles is 2. The minimum atomic E-state index is -0.478. The third-order valence-corrected chi connectivity index (χ3v) is 6.81. The van der Waals surface area contributed by atoms with Gasteiger partial charge in [0.05, 0.1) is 34.2 Å². The monoisotopic (exact) mass is 494 g/mol. The summed E-state index contributed by atoms with van der Waals surface area (Å²) in [7, 11) is -0.348. The summed E-state index contributed by atoms with van der Waals surface area (Å²) in [5, 5.41) is 18.0. The van der Waals surface area contributed by atoms with Crippen LogP contribution in [0.25, 0.3) is 0 Å². The molecule has 0 aliphatic carbocycles. The third kappa shape index (κ3) is 5.81. The Balaban J connectivity index is 0.000000258. The number of benzene rings is 2. The van der Waals surface area contributed by atoms with Crippen molar-refractivity contribution >= 4 is 28.5 Å². The first-order chi connectivity index (χ1) is 14.6. The molecule has 0 spiro atoms. The van der Waals surface area contributed by atoms with Gasteiger partial charge in [-0.3, -0.25) is 0 Å². The summed E-state index contributed by atoms with van der Waals surface area (Å²) in [6.07, 6.45) is 0. The lowest BCUT2D eigenvalue weighted by atomic mass is 9.77. The smallest absolute Gasteiger partial charge is 0.399 e. The van der Waals surface area contributed by atoms with Crippen LogP contribution in [0.4, 0.5) is 0 Å². The van der Waals surface area contributed by atoms with E-state index in [1.54, 1.807) is 0 Å². The molecule has 168 valence electrons. The fourth-order valence-corrected chi connectivity index (χ4v) is 3.30. The second kappa shape index (κ2) is 9.40. The van der Waals surface area contributed by atoms with E-state index < -0.39 is 5.41 Å². The zero-order valence-electron chi connectivity index (χ0n) is 20.3. The lowest BCUT2D eigenvalue weighted by Gasteiger charge is -2.32. The molecule has 0 bridgehead atoms. The first kappa shape index (κ1) is 26.1. The van der Waals surface area contributed by atoms with Gasteiger partial charge in [-0.05, 0) is 84.1 Å². The Bertz CT molecular complexity index is 998. The zero-order chi connectivity index (χ0) is 24.4. The van der Waals surface area contributed by atoms with Gasteiger partial charge < -0.3 is 9.31 Å². The topological polar surface area (TPSA) is 66.0 Å². The Labute approximate surface area is 201 Å². The minimum Gasteiger partial charge on any atom is -0.399 e. The molecule has 3 rings (SSSR count). The van der Waals surface area contributed by atoms with Crippen LogP contribution in [0.15, 0.2) is 53.0 Å². The molecule has 6 heteroatoms. The molecule has 1 heterocycles. The quantitative estimate of drug-likeness (QED) is 0.488. The Kier molecular flexibility index (Phi) is 7.68. The maximum Gasteiger partial charge on any atom is 0.494 e. The van der Waals surface area contributed by atoms with Crippen molar-refractivity contribution in [2.45, 2.75) is 77.4 Å². The average molecular weight is 495 g/mol. The largest absolute Gasteiger partial charge is 0.494 e. The second-order valence-electron chi connectivity index (χ2n) is 10.2. The summed E-state index contributed by atoms with van der Waals surface area (Å²) in [6, 6.07) is 20.3. The summed E-state index contributed by atoms with van der Waals surface area (Å²) in [6.45, 7) is 15.8.